The first kappa shape index (κ1) is 17.8. The quantitative estimate of drug-likeness (QED) is 0.406. The summed E-state index contributed by atoms with van der Waals surface area (Å²) in [6, 6.07) is 10.7. The van der Waals surface area contributed by atoms with Crippen molar-refractivity contribution in [2.45, 2.75) is 71.3 Å². The second-order valence-corrected chi connectivity index (χ2v) is 6.66. The highest BCUT2D eigenvalue weighted by Gasteiger charge is 2.14. The number of rotatable bonds is 11. The zero-order valence-corrected chi connectivity index (χ0v) is 15.0. The van der Waals surface area contributed by atoms with Crippen LogP contribution in [-0.2, 0) is 20.0 Å². The molecule has 0 saturated carbocycles. The second-order valence-electron chi connectivity index (χ2n) is 6.66. The Labute approximate surface area is 142 Å². The number of unbranched alkanes of at least 4 members (excludes halogenated alkanes) is 7. The lowest BCUT2D eigenvalue weighted by Gasteiger charge is -2.04. The van der Waals surface area contributed by atoms with Crippen LogP contribution >= 0.6 is 0 Å². The molecule has 2 nitrogen and oxygen atoms in total. The van der Waals surface area contributed by atoms with Gasteiger partial charge in [0.05, 0.1) is 7.05 Å². The summed E-state index contributed by atoms with van der Waals surface area (Å²) >= 11 is 0. The van der Waals surface area contributed by atoms with Gasteiger partial charge in [-0.1, -0.05) is 82.2 Å². The number of imidazole rings is 1. The Bertz CT molecular complexity index is 542. The SMILES string of the molecule is CCCCCCCCCCc1n(Cc2ccccc2)cc[n+]1C. The predicted molar refractivity (Wildman–Crippen MR) is 97.5 cm³/mol. The predicted octanol–water partition coefficient (Wildman–Crippen LogP) is 5.04. The van der Waals surface area contributed by atoms with Gasteiger partial charge in [-0.05, 0) is 12.0 Å². The van der Waals surface area contributed by atoms with Crippen LogP contribution in [-0.4, -0.2) is 4.57 Å². The summed E-state index contributed by atoms with van der Waals surface area (Å²) in [4.78, 5) is 0. The first-order chi connectivity index (χ1) is 11.3. The smallest absolute Gasteiger partial charge is 0.237 e. The van der Waals surface area contributed by atoms with Crippen molar-refractivity contribution in [2.24, 2.45) is 7.05 Å². The van der Waals surface area contributed by atoms with E-state index in [1.54, 1.807) is 0 Å². The highest BCUT2D eigenvalue weighted by Crippen LogP contribution is 2.11. The molecule has 2 aromatic rings. The maximum absolute atomic E-state index is 2.40. The maximum Gasteiger partial charge on any atom is 0.256 e. The summed E-state index contributed by atoms with van der Waals surface area (Å²) in [6.07, 6.45) is 16.7. The van der Waals surface area contributed by atoms with Crippen molar-refractivity contribution in [1.29, 1.82) is 0 Å². The summed E-state index contributed by atoms with van der Waals surface area (Å²) < 4.78 is 4.68. The highest BCUT2D eigenvalue weighted by molar-refractivity contribution is 5.15. The molecule has 23 heavy (non-hydrogen) atoms. The van der Waals surface area contributed by atoms with Crippen LogP contribution < -0.4 is 4.57 Å². The van der Waals surface area contributed by atoms with Crippen LogP contribution in [0.15, 0.2) is 42.7 Å². The van der Waals surface area contributed by atoms with E-state index < -0.39 is 0 Å². The molecular weight excluding hydrogens is 280 g/mol. The Hall–Kier alpha value is -1.57. The van der Waals surface area contributed by atoms with Crippen LogP contribution in [0.2, 0.25) is 0 Å². The van der Waals surface area contributed by atoms with E-state index in [2.05, 4.69) is 65.8 Å². The number of aromatic nitrogens is 2. The summed E-state index contributed by atoms with van der Waals surface area (Å²) in [6.45, 7) is 3.26. The normalized spacial score (nSPS) is 11.0. The first-order valence-corrected chi connectivity index (χ1v) is 9.39. The van der Waals surface area contributed by atoms with Crippen molar-refractivity contribution in [3.8, 4) is 0 Å². The molecule has 0 radical (unpaired) electrons. The maximum atomic E-state index is 2.40. The Balaban J connectivity index is 1.74. The van der Waals surface area contributed by atoms with Crippen molar-refractivity contribution in [3.63, 3.8) is 0 Å². The van der Waals surface area contributed by atoms with Gasteiger partial charge in [0.15, 0.2) is 0 Å². The minimum atomic E-state index is 0.980. The van der Waals surface area contributed by atoms with E-state index >= 15 is 0 Å². The third-order valence-corrected chi connectivity index (χ3v) is 4.66. The fourth-order valence-corrected chi connectivity index (χ4v) is 3.22. The van der Waals surface area contributed by atoms with Crippen molar-refractivity contribution in [1.82, 2.24) is 4.57 Å². The van der Waals surface area contributed by atoms with Gasteiger partial charge in [-0.15, -0.1) is 0 Å². The number of benzene rings is 1. The molecule has 1 aromatic heterocycles. The van der Waals surface area contributed by atoms with E-state index in [0.717, 1.165) is 6.54 Å². The van der Waals surface area contributed by atoms with E-state index in [1.807, 2.05) is 0 Å². The zero-order valence-electron chi connectivity index (χ0n) is 15.0. The highest BCUT2D eigenvalue weighted by atomic mass is 15.1. The van der Waals surface area contributed by atoms with E-state index in [0.29, 0.717) is 0 Å². The zero-order chi connectivity index (χ0) is 16.3. The number of nitrogens with zero attached hydrogens (tertiary/aromatic N) is 2. The molecule has 0 spiro atoms. The largest absolute Gasteiger partial charge is 0.256 e. The van der Waals surface area contributed by atoms with E-state index in [-0.39, 0.29) is 0 Å². The van der Waals surface area contributed by atoms with Gasteiger partial charge in [0.25, 0.3) is 5.82 Å². The molecule has 0 N–H and O–H groups in total. The third kappa shape index (κ3) is 6.21. The van der Waals surface area contributed by atoms with Crippen LogP contribution in [0.25, 0.3) is 0 Å². The second kappa shape index (κ2) is 10.3. The molecule has 1 heterocycles. The van der Waals surface area contributed by atoms with Gasteiger partial charge < -0.3 is 0 Å². The van der Waals surface area contributed by atoms with Gasteiger partial charge in [-0.3, -0.25) is 0 Å². The summed E-state index contributed by atoms with van der Waals surface area (Å²) in [5, 5.41) is 0. The Morgan fingerprint density at radius 2 is 1.52 bits per heavy atom. The minimum Gasteiger partial charge on any atom is -0.237 e. The molecule has 0 saturated heterocycles. The molecule has 0 bridgehead atoms. The standard InChI is InChI=1S/C21H33N2/c1-3-4-5-6-7-8-9-13-16-21-22(2)17-18-23(21)19-20-14-11-10-12-15-20/h10-12,14-15,17-18H,3-9,13,16,19H2,1-2H3/q+1. The molecule has 2 heteroatoms. The molecule has 0 fully saturated rings. The Morgan fingerprint density at radius 1 is 0.870 bits per heavy atom. The van der Waals surface area contributed by atoms with Gasteiger partial charge in [-0.2, -0.15) is 0 Å². The molecule has 0 aliphatic rings. The van der Waals surface area contributed by atoms with Gasteiger partial charge in [0.2, 0.25) is 0 Å². The van der Waals surface area contributed by atoms with Crippen molar-refractivity contribution in [3.05, 3.63) is 54.1 Å². The number of hydrogen-bond acceptors (Lipinski definition) is 0. The molecule has 0 aliphatic carbocycles. The van der Waals surface area contributed by atoms with Gasteiger partial charge in [0.1, 0.15) is 18.9 Å². The monoisotopic (exact) mass is 313 g/mol. The van der Waals surface area contributed by atoms with Crippen LogP contribution in [0.3, 0.4) is 0 Å². The Morgan fingerprint density at radius 3 is 2.22 bits per heavy atom. The fraction of sp³-hybridized carbons (Fsp3) is 0.571. The molecule has 0 aliphatic heterocycles. The average molecular weight is 314 g/mol. The van der Waals surface area contributed by atoms with E-state index in [4.69, 9.17) is 0 Å². The van der Waals surface area contributed by atoms with E-state index in [9.17, 15) is 0 Å². The van der Waals surface area contributed by atoms with Gasteiger partial charge in [0, 0.05) is 6.42 Å². The number of hydrogen-bond donors (Lipinski definition) is 0. The molecule has 1 aromatic carbocycles. The van der Waals surface area contributed by atoms with Crippen LogP contribution in [0.5, 0.6) is 0 Å². The third-order valence-electron chi connectivity index (χ3n) is 4.66. The van der Waals surface area contributed by atoms with Crippen LogP contribution in [0.4, 0.5) is 0 Å². The lowest BCUT2D eigenvalue weighted by atomic mass is 10.1. The Kier molecular flexibility index (Phi) is 7.92. The molecule has 2 rings (SSSR count). The lowest BCUT2D eigenvalue weighted by Crippen LogP contribution is -2.32. The first-order valence-electron chi connectivity index (χ1n) is 9.39. The van der Waals surface area contributed by atoms with Crippen LogP contribution in [0, 0.1) is 0 Å². The molecule has 0 amide bonds. The summed E-state index contributed by atoms with van der Waals surface area (Å²) in [5.41, 5.74) is 1.38. The fourth-order valence-electron chi connectivity index (χ4n) is 3.22. The minimum absolute atomic E-state index is 0.980. The summed E-state index contributed by atoms with van der Waals surface area (Å²) in [5.74, 6) is 1.44. The van der Waals surface area contributed by atoms with Crippen molar-refractivity contribution in [2.75, 3.05) is 0 Å². The average Bonchev–Trinajstić information content (AvgIpc) is 2.91. The molecule has 0 unspecified atom stereocenters. The van der Waals surface area contributed by atoms with Gasteiger partial charge in [-0.25, -0.2) is 9.13 Å². The molecular formula is C21H33N2+. The summed E-state index contributed by atoms with van der Waals surface area (Å²) in [7, 11) is 2.17. The number of aryl methyl sites for hydroxylation is 1. The topological polar surface area (TPSA) is 8.81 Å². The van der Waals surface area contributed by atoms with E-state index in [1.165, 1.54) is 69.2 Å². The molecule has 126 valence electrons. The van der Waals surface area contributed by atoms with Crippen molar-refractivity contribution >= 4 is 0 Å². The lowest BCUT2D eigenvalue weighted by molar-refractivity contribution is -0.678. The molecule has 0 atom stereocenters. The van der Waals surface area contributed by atoms with Crippen molar-refractivity contribution < 1.29 is 4.57 Å². The van der Waals surface area contributed by atoms with Crippen LogP contribution in [0.1, 0.15) is 69.7 Å². The van der Waals surface area contributed by atoms with Gasteiger partial charge >= 0.3 is 0 Å².